The van der Waals surface area contributed by atoms with Gasteiger partial charge in [0.15, 0.2) is 0 Å². The van der Waals surface area contributed by atoms with E-state index < -0.39 is 0 Å². The maximum atomic E-state index is 6.18. The summed E-state index contributed by atoms with van der Waals surface area (Å²) in [5, 5.41) is 2.75. The van der Waals surface area contributed by atoms with E-state index in [-0.39, 0.29) is 6.04 Å². The highest BCUT2D eigenvalue weighted by atomic mass is 35.5. The van der Waals surface area contributed by atoms with Gasteiger partial charge in [0.25, 0.3) is 0 Å². The van der Waals surface area contributed by atoms with Gasteiger partial charge in [-0.05, 0) is 24.6 Å². The SMILES string of the molecule is C=c1ncn(C(C)c2ccc(Cl)cc2Cl)c1=C. The zero-order valence-electron chi connectivity index (χ0n) is 9.45. The Kier molecular flexibility index (Phi) is 3.27. The van der Waals surface area contributed by atoms with Gasteiger partial charge in [0.2, 0.25) is 0 Å². The molecule has 1 aromatic heterocycles. The molecule has 2 nitrogen and oxygen atoms in total. The van der Waals surface area contributed by atoms with E-state index in [4.69, 9.17) is 23.2 Å². The van der Waals surface area contributed by atoms with E-state index in [1.165, 1.54) is 0 Å². The molecule has 0 bridgehead atoms. The van der Waals surface area contributed by atoms with Crippen molar-refractivity contribution in [2.75, 3.05) is 0 Å². The predicted octanol–water partition coefficient (Wildman–Crippen LogP) is 2.62. The van der Waals surface area contributed by atoms with E-state index in [1.54, 1.807) is 12.4 Å². The first-order valence-electron chi connectivity index (χ1n) is 5.16. The molecule has 1 unspecified atom stereocenters. The average Bonchev–Trinajstić information content (AvgIpc) is 2.59. The van der Waals surface area contributed by atoms with Gasteiger partial charge in [-0.15, -0.1) is 0 Å². The Bertz CT molecular complexity index is 646. The Hall–Kier alpha value is -1.25. The number of benzene rings is 1. The standard InChI is InChI=1S/C13H12Cl2N2/c1-8-9(2)17(7-16-8)10(3)12-5-4-11(14)6-13(12)15/h4-7,10H,1-2H2,3H3. The number of imidazole rings is 1. The molecular formula is C13H12Cl2N2. The summed E-state index contributed by atoms with van der Waals surface area (Å²) in [6.07, 6.45) is 1.72. The van der Waals surface area contributed by atoms with E-state index in [0.717, 1.165) is 10.9 Å². The first-order chi connectivity index (χ1) is 8.00. The van der Waals surface area contributed by atoms with Crippen molar-refractivity contribution in [3.05, 3.63) is 50.8 Å². The molecule has 1 aromatic carbocycles. The van der Waals surface area contributed by atoms with Crippen molar-refractivity contribution in [1.82, 2.24) is 9.55 Å². The molecule has 0 saturated heterocycles. The summed E-state index contributed by atoms with van der Waals surface area (Å²) in [6, 6.07) is 5.52. The van der Waals surface area contributed by atoms with Crippen molar-refractivity contribution < 1.29 is 0 Å². The topological polar surface area (TPSA) is 17.8 Å². The van der Waals surface area contributed by atoms with Crippen LogP contribution >= 0.6 is 23.2 Å². The van der Waals surface area contributed by atoms with E-state index in [2.05, 4.69) is 18.1 Å². The molecule has 0 spiro atoms. The van der Waals surface area contributed by atoms with Crippen LogP contribution in [0.4, 0.5) is 0 Å². The third-order valence-corrected chi connectivity index (χ3v) is 3.38. The van der Waals surface area contributed by atoms with Crippen LogP contribution in [0.25, 0.3) is 13.2 Å². The first kappa shape index (κ1) is 12.2. The van der Waals surface area contributed by atoms with Crippen molar-refractivity contribution in [2.24, 2.45) is 0 Å². The molecule has 4 heteroatoms. The van der Waals surface area contributed by atoms with Crippen LogP contribution in [0.5, 0.6) is 0 Å². The summed E-state index contributed by atoms with van der Waals surface area (Å²) >= 11 is 12.1. The van der Waals surface area contributed by atoms with Crippen LogP contribution in [0.3, 0.4) is 0 Å². The fourth-order valence-corrected chi connectivity index (χ4v) is 2.32. The van der Waals surface area contributed by atoms with Gasteiger partial charge in [-0.3, -0.25) is 0 Å². The van der Waals surface area contributed by atoms with E-state index in [0.29, 0.717) is 15.4 Å². The van der Waals surface area contributed by atoms with Gasteiger partial charge in [0.05, 0.1) is 23.1 Å². The Labute approximate surface area is 110 Å². The zero-order valence-corrected chi connectivity index (χ0v) is 11.0. The number of aromatic nitrogens is 2. The number of nitrogens with zero attached hydrogens (tertiary/aromatic N) is 2. The van der Waals surface area contributed by atoms with E-state index in [1.807, 2.05) is 23.6 Å². The van der Waals surface area contributed by atoms with Crippen LogP contribution in [0, 0.1) is 0 Å². The Morgan fingerprint density at radius 3 is 2.53 bits per heavy atom. The Morgan fingerprint density at radius 2 is 2.00 bits per heavy atom. The molecule has 0 saturated carbocycles. The lowest BCUT2D eigenvalue weighted by Crippen LogP contribution is -2.29. The minimum atomic E-state index is 0.0512. The van der Waals surface area contributed by atoms with Gasteiger partial charge >= 0.3 is 0 Å². The summed E-state index contributed by atoms with van der Waals surface area (Å²) < 4.78 is 1.94. The first-order valence-corrected chi connectivity index (χ1v) is 5.92. The van der Waals surface area contributed by atoms with Gasteiger partial charge in [0.1, 0.15) is 0 Å². The molecule has 2 aromatic rings. The maximum Gasteiger partial charge on any atom is 0.0963 e. The molecule has 0 fully saturated rings. The quantitative estimate of drug-likeness (QED) is 0.817. The van der Waals surface area contributed by atoms with Gasteiger partial charge in [-0.25, -0.2) is 4.98 Å². The van der Waals surface area contributed by atoms with Crippen molar-refractivity contribution in [3.8, 4) is 0 Å². The molecule has 0 radical (unpaired) electrons. The van der Waals surface area contributed by atoms with E-state index >= 15 is 0 Å². The second-order valence-electron chi connectivity index (χ2n) is 3.89. The van der Waals surface area contributed by atoms with Crippen LogP contribution < -0.4 is 10.7 Å². The summed E-state index contributed by atoms with van der Waals surface area (Å²) in [5.41, 5.74) is 0.985. The lowest BCUT2D eigenvalue weighted by molar-refractivity contribution is 0.623. The Balaban J connectivity index is 2.51. The highest BCUT2D eigenvalue weighted by molar-refractivity contribution is 6.35. The molecule has 0 aliphatic carbocycles. The summed E-state index contributed by atoms with van der Waals surface area (Å²) in [6.45, 7) is 9.78. The van der Waals surface area contributed by atoms with Crippen molar-refractivity contribution in [3.63, 3.8) is 0 Å². The van der Waals surface area contributed by atoms with Crippen molar-refractivity contribution in [1.29, 1.82) is 0 Å². The number of halogens is 2. The molecular weight excluding hydrogens is 255 g/mol. The third kappa shape index (κ3) is 2.24. The largest absolute Gasteiger partial charge is 0.324 e. The van der Waals surface area contributed by atoms with Crippen LogP contribution in [0.2, 0.25) is 10.0 Å². The Morgan fingerprint density at radius 1 is 1.29 bits per heavy atom. The molecule has 0 aliphatic heterocycles. The van der Waals surface area contributed by atoms with Crippen molar-refractivity contribution >= 4 is 36.4 Å². The summed E-state index contributed by atoms with van der Waals surface area (Å²) in [5.74, 6) is 0. The fraction of sp³-hybridized carbons (Fsp3) is 0.154. The lowest BCUT2D eigenvalue weighted by atomic mass is 10.1. The number of rotatable bonds is 2. The van der Waals surface area contributed by atoms with Gasteiger partial charge < -0.3 is 4.57 Å². The van der Waals surface area contributed by atoms with Crippen molar-refractivity contribution in [2.45, 2.75) is 13.0 Å². The second-order valence-corrected chi connectivity index (χ2v) is 4.73. The molecule has 88 valence electrons. The molecule has 1 atom stereocenters. The predicted molar refractivity (Wildman–Crippen MR) is 72.8 cm³/mol. The number of hydrogen-bond acceptors (Lipinski definition) is 1. The molecule has 17 heavy (non-hydrogen) atoms. The highest BCUT2D eigenvalue weighted by Gasteiger charge is 2.12. The maximum absolute atomic E-state index is 6.18. The van der Waals surface area contributed by atoms with Crippen LogP contribution in [-0.2, 0) is 0 Å². The van der Waals surface area contributed by atoms with Gasteiger partial charge in [-0.2, -0.15) is 0 Å². The average molecular weight is 267 g/mol. The minimum Gasteiger partial charge on any atom is -0.324 e. The summed E-state index contributed by atoms with van der Waals surface area (Å²) in [4.78, 5) is 4.13. The van der Waals surface area contributed by atoms with E-state index in [9.17, 15) is 0 Å². The minimum absolute atomic E-state index is 0.0512. The second kappa shape index (κ2) is 4.55. The highest BCUT2D eigenvalue weighted by Crippen LogP contribution is 2.27. The summed E-state index contributed by atoms with van der Waals surface area (Å²) in [7, 11) is 0. The normalized spacial score (nSPS) is 12.6. The molecule has 0 aliphatic rings. The van der Waals surface area contributed by atoms with Crippen LogP contribution in [-0.4, -0.2) is 9.55 Å². The number of hydrogen-bond donors (Lipinski definition) is 0. The molecule has 0 N–H and O–H groups in total. The molecule has 2 rings (SSSR count). The van der Waals surface area contributed by atoms with Crippen LogP contribution in [0.15, 0.2) is 24.5 Å². The monoisotopic (exact) mass is 266 g/mol. The zero-order chi connectivity index (χ0) is 12.6. The van der Waals surface area contributed by atoms with Gasteiger partial charge in [-0.1, -0.05) is 42.4 Å². The molecule has 0 amide bonds. The smallest absolute Gasteiger partial charge is 0.0963 e. The lowest BCUT2D eigenvalue weighted by Gasteiger charge is -2.15. The third-order valence-electron chi connectivity index (χ3n) is 2.81. The van der Waals surface area contributed by atoms with Gasteiger partial charge in [0, 0.05) is 10.0 Å². The fourth-order valence-electron chi connectivity index (χ4n) is 1.75. The molecule has 1 heterocycles. The van der Waals surface area contributed by atoms with Crippen LogP contribution in [0.1, 0.15) is 18.5 Å².